The minimum atomic E-state index is -4.60. The van der Waals surface area contributed by atoms with Crippen LogP contribution in [0.4, 0.5) is 13.2 Å². The number of ether oxygens (including phenoxy) is 1. The third kappa shape index (κ3) is 3.55. The van der Waals surface area contributed by atoms with E-state index in [2.05, 4.69) is 4.98 Å². The van der Waals surface area contributed by atoms with E-state index in [0.717, 1.165) is 24.6 Å². The van der Waals surface area contributed by atoms with Crippen LogP contribution in [0.3, 0.4) is 0 Å². The van der Waals surface area contributed by atoms with Crippen molar-refractivity contribution in [3.05, 3.63) is 23.9 Å². The number of alkyl halides is 3. The maximum absolute atomic E-state index is 12.9. The number of amides is 1. The first-order chi connectivity index (χ1) is 10.1. The summed E-state index contributed by atoms with van der Waals surface area (Å²) in [6, 6.07) is 0.212. The third-order valence-corrected chi connectivity index (χ3v) is 4.13. The van der Waals surface area contributed by atoms with Crippen molar-refractivity contribution in [3.63, 3.8) is 0 Å². The molecule has 0 spiro atoms. The van der Waals surface area contributed by atoms with Gasteiger partial charge in [0.25, 0.3) is 5.91 Å². The standard InChI is InChI=1S/C12H13F3N2O4S/c1-22(19,20)10-3-2-8(6-16-10)11(18)17-4-5-21-7-9(17)12(13,14)15/h2-3,6,9H,4-5,7H2,1H3. The van der Waals surface area contributed by atoms with Gasteiger partial charge >= 0.3 is 6.18 Å². The van der Waals surface area contributed by atoms with E-state index in [9.17, 15) is 26.4 Å². The molecule has 122 valence electrons. The fourth-order valence-corrected chi connectivity index (χ4v) is 2.57. The molecule has 0 aromatic carbocycles. The number of carbonyl (C=O) groups is 1. The fourth-order valence-electron chi connectivity index (χ4n) is 2.01. The zero-order chi connectivity index (χ0) is 16.5. The Morgan fingerprint density at radius 1 is 1.41 bits per heavy atom. The van der Waals surface area contributed by atoms with Crippen molar-refractivity contribution in [2.45, 2.75) is 17.2 Å². The first kappa shape index (κ1) is 16.7. The lowest BCUT2D eigenvalue weighted by atomic mass is 10.1. The van der Waals surface area contributed by atoms with Crippen LogP contribution in [0.2, 0.25) is 0 Å². The van der Waals surface area contributed by atoms with Gasteiger partial charge in [0.05, 0.1) is 18.8 Å². The summed E-state index contributed by atoms with van der Waals surface area (Å²) in [5, 5.41) is -0.251. The lowest BCUT2D eigenvalue weighted by molar-refractivity contribution is -0.202. The van der Waals surface area contributed by atoms with Crippen LogP contribution in [0.1, 0.15) is 10.4 Å². The number of nitrogens with zero attached hydrogens (tertiary/aromatic N) is 2. The van der Waals surface area contributed by atoms with E-state index in [-0.39, 0.29) is 23.7 Å². The Morgan fingerprint density at radius 2 is 2.09 bits per heavy atom. The van der Waals surface area contributed by atoms with Crippen molar-refractivity contribution in [1.29, 1.82) is 0 Å². The molecule has 1 atom stereocenters. The van der Waals surface area contributed by atoms with Crippen molar-refractivity contribution < 1.29 is 31.1 Å². The Morgan fingerprint density at radius 3 is 2.59 bits per heavy atom. The van der Waals surface area contributed by atoms with Crippen molar-refractivity contribution in [2.75, 3.05) is 26.0 Å². The summed E-state index contributed by atoms with van der Waals surface area (Å²) in [5.41, 5.74) is -0.108. The molecule has 1 aliphatic rings. The topological polar surface area (TPSA) is 76.6 Å². The number of hydrogen-bond acceptors (Lipinski definition) is 5. The molecular weight excluding hydrogens is 325 g/mol. The fraction of sp³-hybridized carbons (Fsp3) is 0.500. The van der Waals surface area contributed by atoms with E-state index in [4.69, 9.17) is 4.74 Å². The largest absolute Gasteiger partial charge is 0.411 e. The highest BCUT2D eigenvalue weighted by Gasteiger charge is 2.47. The predicted molar refractivity (Wildman–Crippen MR) is 69.0 cm³/mol. The van der Waals surface area contributed by atoms with Gasteiger partial charge in [-0.2, -0.15) is 13.2 Å². The van der Waals surface area contributed by atoms with Gasteiger partial charge in [0.1, 0.15) is 0 Å². The summed E-state index contributed by atoms with van der Waals surface area (Å²) in [5.74, 6) is -0.863. The molecule has 1 aromatic rings. The van der Waals surface area contributed by atoms with Crippen LogP contribution < -0.4 is 0 Å². The number of aromatic nitrogens is 1. The molecule has 0 saturated carbocycles. The van der Waals surface area contributed by atoms with Gasteiger partial charge in [0, 0.05) is 19.0 Å². The molecule has 1 saturated heterocycles. The van der Waals surface area contributed by atoms with E-state index >= 15 is 0 Å². The van der Waals surface area contributed by atoms with Crippen LogP contribution >= 0.6 is 0 Å². The molecule has 6 nitrogen and oxygen atoms in total. The zero-order valence-corrected chi connectivity index (χ0v) is 12.3. The van der Waals surface area contributed by atoms with E-state index in [0.29, 0.717) is 4.90 Å². The van der Waals surface area contributed by atoms with E-state index in [1.807, 2.05) is 0 Å². The summed E-state index contributed by atoms with van der Waals surface area (Å²) >= 11 is 0. The molecule has 1 fully saturated rings. The average Bonchev–Trinajstić information content (AvgIpc) is 2.45. The Labute approximate surface area is 124 Å². The van der Waals surface area contributed by atoms with Gasteiger partial charge in [0.15, 0.2) is 20.9 Å². The number of halogens is 3. The average molecular weight is 338 g/mol. The number of sulfone groups is 1. The maximum Gasteiger partial charge on any atom is 0.411 e. The van der Waals surface area contributed by atoms with Gasteiger partial charge < -0.3 is 9.64 Å². The second-order valence-corrected chi connectivity index (χ2v) is 6.75. The Bertz CT molecular complexity index is 658. The molecular formula is C12H13F3N2O4S. The molecule has 1 aromatic heterocycles. The molecule has 22 heavy (non-hydrogen) atoms. The normalized spacial score (nSPS) is 20.0. The van der Waals surface area contributed by atoms with E-state index in [1.165, 1.54) is 0 Å². The maximum atomic E-state index is 12.9. The monoisotopic (exact) mass is 338 g/mol. The number of hydrogen-bond donors (Lipinski definition) is 0. The summed E-state index contributed by atoms with van der Waals surface area (Å²) in [6.07, 6.45) is -2.70. The molecule has 0 radical (unpaired) electrons. The predicted octanol–water partition coefficient (Wildman–Crippen LogP) is 0.888. The van der Waals surface area contributed by atoms with E-state index < -0.39 is 34.6 Å². The van der Waals surface area contributed by atoms with Crippen molar-refractivity contribution >= 4 is 15.7 Å². The molecule has 1 amide bonds. The van der Waals surface area contributed by atoms with Gasteiger partial charge in [-0.25, -0.2) is 13.4 Å². The summed E-state index contributed by atoms with van der Waals surface area (Å²) in [7, 11) is -3.54. The zero-order valence-electron chi connectivity index (χ0n) is 11.5. The Kier molecular flexibility index (Phi) is 4.43. The SMILES string of the molecule is CS(=O)(=O)c1ccc(C(=O)N2CCOCC2C(F)(F)F)cn1. The quantitative estimate of drug-likeness (QED) is 0.800. The van der Waals surface area contributed by atoms with Crippen LogP contribution in [-0.2, 0) is 14.6 Å². The van der Waals surface area contributed by atoms with Gasteiger partial charge in [0.2, 0.25) is 0 Å². The molecule has 1 aliphatic heterocycles. The first-order valence-electron chi connectivity index (χ1n) is 6.22. The Balaban J connectivity index is 2.26. The third-order valence-electron chi connectivity index (χ3n) is 3.13. The smallest absolute Gasteiger partial charge is 0.377 e. The number of morpholine rings is 1. The summed E-state index contributed by atoms with van der Waals surface area (Å²) in [4.78, 5) is 16.5. The molecule has 2 rings (SSSR count). The molecule has 2 heterocycles. The second-order valence-electron chi connectivity index (χ2n) is 4.79. The van der Waals surface area contributed by atoms with Gasteiger partial charge in [-0.05, 0) is 12.1 Å². The number of rotatable bonds is 2. The van der Waals surface area contributed by atoms with Crippen LogP contribution in [0.5, 0.6) is 0 Å². The second kappa shape index (κ2) is 5.84. The van der Waals surface area contributed by atoms with Crippen molar-refractivity contribution in [2.24, 2.45) is 0 Å². The minimum absolute atomic E-state index is 0.00711. The van der Waals surface area contributed by atoms with Crippen LogP contribution in [-0.4, -0.2) is 62.4 Å². The van der Waals surface area contributed by atoms with Crippen LogP contribution in [0, 0.1) is 0 Å². The molecule has 10 heteroatoms. The van der Waals surface area contributed by atoms with Crippen molar-refractivity contribution in [3.8, 4) is 0 Å². The molecule has 0 bridgehead atoms. The number of pyridine rings is 1. The Hall–Kier alpha value is -1.68. The highest BCUT2D eigenvalue weighted by atomic mass is 32.2. The summed E-state index contributed by atoms with van der Waals surface area (Å²) in [6.45, 7) is -0.811. The number of carbonyl (C=O) groups excluding carboxylic acids is 1. The lowest BCUT2D eigenvalue weighted by Crippen LogP contribution is -2.55. The highest BCUT2D eigenvalue weighted by molar-refractivity contribution is 7.90. The van der Waals surface area contributed by atoms with Crippen molar-refractivity contribution in [1.82, 2.24) is 9.88 Å². The summed E-state index contributed by atoms with van der Waals surface area (Å²) < 4.78 is 66.1. The van der Waals surface area contributed by atoms with Gasteiger partial charge in [-0.15, -0.1) is 0 Å². The highest BCUT2D eigenvalue weighted by Crippen LogP contribution is 2.28. The van der Waals surface area contributed by atoms with E-state index in [1.54, 1.807) is 0 Å². The van der Waals surface area contributed by atoms with Gasteiger partial charge in [-0.3, -0.25) is 4.79 Å². The van der Waals surface area contributed by atoms with Crippen LogP contribution in [0.25, 0.3) is 0 Å². The van der Waals surface area contributed by atoms with Crippen LogP contribution in [0.15, 0.2) is 23.4 Å². The van der Waals surface area contributed by atoms with Gasteiger partial charge in [-0.1, -0.05) is 0 Å². The molecule has 0 N–H and O–H groups in total. The lowest BCUT2D eigenvalue weighted by Gasteiger charge is -2.36. The minimum Gasteiger partial charge on any atom is -0.377 e. The molecule has 1 unspecified atom stereocenters. The molecule has 0 aliphatic carbocycles. The first-order valence-corrected chi connectivity index (χ1v) is 8.11.